The summed E-state index contributed by atoms with van der Waals surface area (Å²) in [5.41, 5.74) is 0. The van der Waals surface area contributed by atoms with Crippen molar-refractivity contribution in [2.24, 2.45) is 0 Å². The number of carbonyl (C=O) groups is 1. The minimum atomic E-state index is -0.00139. The van der Waals surface area contributed by atoms with Gasteiger partial charge in [-0.3, -0.25) is 9.89 Å². The van der Waals surface area contributed by atoms with Crippen LogP contribution >= 0.6 is 0 Å². The summed E-state index contributed by atoms with van der Waals surface area (Å²) in [7, 11) is 0. The third-order valence-corrected chi connectivity index (χ3v) is 2.72. The quantitative estimate of drug-likeness (QED) is 0.712. The van der Waals surface area contributed by atoms with Gasteiger partial charge in [-0.2, -0.15) is 5.10 Å². The van der Waals surface area contributed by atoms with Gasteiger partial charge in [0, 0.05) is 13.0 Å². The fraction of sp³-hybridized carbons (Fsp3) is 0.357. The lowest BCUT2D eigenvalue weighted by Gasteiger charge is -2.06. The summed E-state index contributed by atoms with van der Waals surface area (Å²) in [5, 5.41) is 9.40. The van der Waals surface area contributed by atoms with E-state index in [1.807, 2.05) is 30.3 Å². The van der Waals surface area contributed by atoms with E-state index < -0.39 is 0 Å². The molecule has 0 saturated carbocycles. The summed E-state index contributed by atoms with van der Waals surface area (Å²) in [6, 6.07) is 9.47. The number of benzene rings is 1. The van der Waals surface area contributed by atoms with Crippen LogP contribution in [0.4, 0.5) is 0 Å². The van der Waals surface area contributed by atoms with Crippen LogP contribution in [0.2, 0.25) is 0 Å². The van der Waals surface area contributed by atoms with Gasteiger partial charge in [0.05, 0.1) is 13.0 Å². The summed E-state index contributed by atoms with van der Waals surface area (Å²) in [4.78, 5) is 15.6. The van der Waals surface area contributed by atoms with E-state index in [1.165, 1.54) is 6.33 Å². The van der Waals surface area contributed by atoms with Gasteiger partial charge in [0.15, 0.2) is 0 Å². The van der Waals surface area contributed by atoms with E-state index in [9.17, 15) is 4.79 Å². The maximum Gasteiger partial charge on any atom is 0.223 e. The molecule has 6 heteroatoms. The van der Waals surface area contributed by atoms with E-state index in [4.69, 9.17) is 4.74 Å². The van der Waals surface area contributed by atoms with Crippen molar-refractivity contribution >= 4 is 5.91 Å². The molecule has 0 aliphatic carbocycles. The molecule has 1 aromatic heterocycles. The molecule has 2 rings (SSSR count). The Balaban J connectivity index is 1.52. The molecule has 0 aliphatic rings. The van der Waals surface area contributed by atoms with Gasteiger partial charge < -0.3 is 10.1 Å². The fourth-order valence-electron chi connectivity index (χ4n) is 1.70. The summed E-state index contributed by atoms with van der Waals surface area (Å²) in [5.74, 6) is 1.62. The Hall–Kier alpha value is -2.37. The number of rotatable bonds is 8. The maximum absolute atomic E-state index is 11.6. The number of amides is 1. The lowest BCUT2D eigenvalue weighted by atomic mass is 10.3. The summed E-state index contributed by atoms with van der Waals surface area (Å²) in [6.07, 6.45) is 3.45. The molecule has 6 nitrogen and oxygen atoms in total. The van der Waals surface area contributed by atoms with Crippen molar-refractivity contribution in [3.63, 3.8) is 0 Å². The Kier molecular flexibility index (Phi) is 5.57. The van der Waals surface area contributed by atoms with Crippen molar-refractivity contribution in [1.82, 2.24) is 20.5 Å². The number of aromatic nitrogens is 3. The summed E-state index contributed by atoms with van der Waals surface area (Å²) in [6.45, 7) is 1.02. The molecule has 1 amide bonds. The fourth-order valence-corrected chi connectivity index (χ4v) is 1.70. The first-order valence-corrected chi connectivity index (χ1v) is 6.63. The zero-order valence-corrected chi connectivity index (χ0v) is 11.2. The minimum Gasteiger partial charge on any atom is -0.493 e. The number of nitrogens with one attached hydrogen (secondary N) is 2. The smallest absolute Gasteiger partial charge is 0.223 e. The van der Waals surface area contributed by atoms with E-state index in [2.05, 4.69) is 20.5 Å². The highest BCUT2D eigenvalue weighted by atomic mass is 16.5. The maximum atomic E-state index is 11.6. The molecule has 20 heavy (non-hydrogen) atoms. The largest absolute Gasteiger partial charge is 0.493 e. The number of aromatic amines is 1. The lowest BCUT2D eigenvalue weighted by molar-refractivity contribution is -0.121. The van der Waals surface area contributed by atoms with Gasteiger partial charge in [-0.05, 0) is 18.6 Å². The van der Waals surface area contributed by atoms with Crippen molar-refractivity contribution in [3.8, 4) is 5.75 Å². The van der Waals surface area contributed by atoms with Crippen LogP contribution < -0.4 is 10.1 Å². The van der Waals surface area contributed by atoms with Gasteiger partial charge in [0.1, 0.15) is 17.9 Å². The van der Waals surface area contributed by atoms with E-state index in [0.29, 0.717) is 19.6 Å². The van der Waals surface area contributed by atoms with Crippen LogP contribution in [0.15, 0.2) is 36.7 Å². The highest BCUT2D eigenvalue weighted by molar-refractivity contribution is 5.75. The Labute approximate surface area is 117 Å². The van der Waals surface area contributed by atoms with E-state index in [1.54, 1.807) is 0 Å². The van der Waals surface area contributed by atoms with Gasteiger partial charge in [0.25, 0.3) is 0 Å². The monoisotopic (exact) mass is 274 g/mol. The molecule has 0 radical (unpaired) electrons. The van der Waals surface area contributed by atoms with E-state index >= 15 is 0 Å². The SMILES string of the molecule is O=C(CCOc1ccccc1)NCCCc1ncn[nH]1. The summed E-state index contributed by atoms with van der Waals surface area (Å²) >= 11 is 0. The van der Waals surface area contributed by atoms with E-state index in [0.717, 1.165) is 24.4 Å². The van der Waals surface area contributed by atoms with Crippen LogP contribution in [0.1, 0.15) is 18.7 Å². The molecule has 1 heterocycles. The second-order valence-corrected chi connectivity index (χ2v) is 4.30. The van der Waals surface area contributed by atoms with Crippen LogP contribution in [-0.4, -0.2) is 34.2 Å². The van der Waals surface area contributed by atoms with Gasteiger partial charge in [-0.15, -0.1) is 0 Å². The molecular weight excluding hydrogens is 256 g/mol. The average molecular weight is 274 g/mol. The summed E-state index contributed by atoms with van der Waals surface area (Å²) < 4.78 is 5.46. The Morgan fingerprint density at radius 3 is 2.90 bits per heavy atom. The molecule has 106 valence electrons. The molecular formula is C14H18N4O2. The molecule has 0 bridgehead atoms. The third kappa shape index (κ3) is 5.09. The van der Waals surface area contributed by atoms with Crippen LogP contribution in [0.3, 0.4) is 0 Å². The third-order valence-electron chi connectivity index (χ3n) is 2.72. The number of carbonyl (C=O) groups excluding carboxylic acids is 1. The molecule has 0 unspecified atom stereocenters. The van der Waals surface area contributed by atoms with Crippen LogP contribution in [0.5, 0.6) is 5.75 Å². The van der Waals surface area contributed by atoms with Crippen LogP contribution in [0, 0.1) is 0 Å². The van der Waals surface area contributed by atoms with Crippen LogP contribution in [-0.2, 0) is 11.2 Å². The minimum absolute atomic E-state index is 0.00139. The second kappa shape index (κ2) is 7.93. The molecule has 0 atom stereocenters. The number of para-hydroxylation sites is 1. The van der Waals surface area contributed by atoms with Crippen molar-refractivity contribution in [3.05, 3.63) is 42.5 Å². The predicted molar refractivity (Wildman–Crippen MR) is 74.3 cm³/mol. The van der Waals surface area contributed by atoms with Gasteiger partial charge in [0.2, 0.25) is 5.91 Å². The number of aryl methyl sites for hydroxylation is 1. The molecule has 2 N–H and O–H groups in total. The van der Waals surface area contributed by atoms with Crippen molar-refractivity contribution in [2.75, 3.05) is 13.2 Å². The van der Waals surface area contributed by atoms with E-state index in [-0.39, 0.29) is 5.91 Å². The van der Waals surface area contributed by atoms with Gasteiger partial charge >= 0.3 is 0 Å². The van der Waals surface area contributed by atoms with Crippen molar-refractivity contribution in [1.29, 1.82) is 0 Å². The highest BCUT2D eigenvalue weighted by Gasteiger charge is 2.02. The highest BCUT2D eigenvalue weighted by Crippen LogP contribution is 2.08. The van der Waals surface area contributed by atoms with Gasteiger partial charge in [-0.1, -0.05) is 18.2 Å². The number of nitrogens with zero attached hydrogens (tertiary/aromatic N) is 2. The van der Waals surface area contributed by atoms with Crippen molar-refractivity contribution < 1.29 is 9.53 Å². The number of hydrogen-bond donors (Lipinski definition) is 2. The van der Waals surface area contributed by atoms with Crippen molar-refractivity contribution in [2.45, 2.75) is 19.3 Å². The molecule has 1 aromatic carbocycles. The first-order valence-electron chi connectivity index (χ1n) is 6.63. The first-order chi connectivity index (χ1) is 9.84. The first kappa shape index (κ1) is 14.0. The Morgan fingerprint density at radius 2 is 2.15 bits per heavy atom. The lowest BCUT2D eigenvalue weighted by Crippen LogP contribution is -2.26. The topological polar surface area (TPSA) is 79.9 Å². The number of H-pyrrole nitrogens is 1. The normalized spacial score (nSPS) is 10.2. The molecule has 0 fully saturated rings. The Bertz CT molecular complexity index is 499. The number of ether oxygens (including phenoxy) is 1. The number of hydrogen-bond acceptors (Lipinski definition) is 4. The molecule has 0 spiro atoms. The zero-order chi connectivity index (χ0) is 14.0. The second-order valence-electron chi connectivity index (χ2n) is 4.30. The standard InChI is InChI=1S/C14H18N4O2/c19-14(8-10-20-12-5-2-1-3-6-12)15-9-4-7-13-16-11-17-18-13/h1-3,5-6,11H,4,7-10H2,(H,15,19)(H,16,17,18). The average Bonchev–Trinajstić information content (AvgIpc) is 2.98. The molecule has 2 aromatic rings. The zero-order valence-electron chi connectivity index (χ0n) is 11.2. The Morgan fingerprint density at radius 1 is 1.30 bits per heavy atom. The molecule has 0 aliphatic heterocycles. The van der Waals surface area contributed by atoms with Crippen LogP contribution in [0.25, 0.3) is 0 Å². The molecule has 0 saturated heterocycles. The van der Waals surface area contributed by atoms with Gasteiger partial charge in [-0.25, -0.2) is 4.98 Å². The predicted octanol–water partition coefficient (Wildman–Crippen LogP) is 1.32.